The van der Waals surface area contributed by atoms with Gasteiger partial charge in [-0.3, -0.25) is 24.0 Å². The van der Waals surface area contributed by atoms with Crippen LogP contribution in [0.15, 0.2) is 23.5 Å². The Morgan fingerprint density at radius 1 is 0.743 bits per heavy atom. The molecule has 4 heterocycles. The molecule has 6 aliphatic rings. The quantitative estimate of drug-likeness (QED) is 0.118. The van der Waals surface area contributed by atoms with Crippen LogP contribution in [0.2, 0.25) is 0 Å². The molecule has 0 amide bonds. The van der Waals surface area contributed by atoms with E-state index in [4.69, 9.17) is 52.1 Å². The lowest BCUT2D eigenvalue weighted by Crippen LogP contribution is -2.65. The summed E-state index contributed by atoms with van der Waals surface area (Å²) in [6.07, 6.45) is -18.9. The van der Waals surface area contributed by atoms with E-state index in [-0.39, 0.29) is 59.8 Å². The lowest BCUT2D eigenvalue weighted by atomic mass is 9.62. The third kappa shape index (κ3) is 10.0. The van der Waals surface area contributed by atoms with Crippen LogP contribution in [0.4, 0.5) is 0 Å². The first-order valence-corrected chi connectivity index (χ1v) is 24.6. The number of phenolic OH excluding ortho intramolecular Hbond substituents is 2. The number of rotatable bonds is 12. The molecule has 4 aliphatic heterocycles. The number of Topliss-reactive ketones (excluding diaryl/α,β-unsaturated/α-hetero) is 3. The van der Waals surface area contributed by atoms with Crippen molar-refractivity contribution in [2.75, 3.05) is 7.11 Å². The van der Waals surface area contributed by atoms with Gasteiger partial charge in [0, 0.05) is 58.1 Å². The Labute approximate surface area is 425 Å². The molecule has 19 atom stereocenters. The fourth-order valence-corrected chi connectivity index (χ4v) is 11.4. The van der Waals surface area contributed by atoms with Crippen molar-refractivity contribution in [1.82, 2.24) is 0 Å². The summed E-state index contributed by atoms with van der Waals surface area (Å²) in [5.41, 5.74) is -5.23. The Morgan fingerprint density at radius 2 is 1.32 bits per heavy atom. The number of benzene rings is 2. The van der Waals surface area contributed by atoms with Crippen LogP contribution in [0.1, 0.15) is 103 Å². The Morgan fingerprint density at radius 3 is 1.91 bits per heavy atom. The van der Waals surface area contributed by atoms with Gasteiger partial charge < -0.3 is 87.9 Å². The molecule has 0 radical (unpaired) electrons. The van der Waals surface area contributed by atoms with E-state index in [1.165, 1.54) is 53.9 Å². The fraction of sp³-hybridized carbons (Fsp3) is 0.667. The van der Waals surface area contributed by atoms with Gasteiger partial charge in [0.1, 0.15) is 52.5 Å². The van der Waals surface area contributed by atoms with Crippen LogP contribution in [0.3, 0.4) is 0 Å². The highest BCUT2D eigenvalue weighted by Crippen LogP contribution is 2.53. The third-order valence-corrected chi connectivity index (χ3v) is 15.0. The number of aromatic hydroxyl groups is 2. The van der Waals surface area contributed by atoms with Crippen LogP contribution in [-0.4, -0.2) is 182 Å². The Hall–Kier alpha value is -4.89. The van der Waals surface area contributed by atoms with E-state index in [0.29, 0.717) is 0 Å². The van der Waals surface area contributed by atoms with Gasteiger partial charge in [-0.25, -0.2) is 0 Å². The molecule has 0 bridgehead atoms. The summed E-state index contributed by atoms with van der Waals surface area (Å²) in [5, 5.41) is 80.8. The molecule has 2 aromatic rings. The summed E-state index contributed by atoms with van der Waals surface area (Å²) in [4.78, 5) is 66.2. The largest absolute Gasteiger partial charge is 0.508 e. The van der Waals surface area contributed by atoms with Crippen molar-refractivity contribution in [3.05, 3.63) is 40.2 Å². The minimum absolute atomic E-state index is 0.0754. The van der Waals surface area contributed by atoms with Crippen LogP contribution in [-0.2, 0) is 73.0 Å². The second-order valence-corrected chi connectivity index (χ2v) is 20.5. The topological polar surface area (TPSA) is 328 Å². The lowest BCUT2D eigenvalue weighted by molar-refractivity contribution is -0.337. The molecule has 0 saturated carbocycles. The number of methoxy groups -OCH3 is 1. The fourth-order valence-electron chi connectivity index (χ4n) is 11.4. The monoisotopic (exact) mass is 1050 g/mol. The highest BCUT2D eigenvalue weighted by molar-refractivity contribution is 6.25. The average Bonchev–Trinajstić information content (AvgIpc) is 3.29. The first-order valence-electron chi connectivity index (χ1n) is 24.6. The molecule has 74 heavy (non-hydrogen) atoms. The van der Waals surface area contributed by atoms with Crippen molar-refractivity contribution < 1.29 is 112 Å². The maximum atomic E-state index is 15.5. The second kappa shape index (κ2) is 20.9. The zero-order valence-corrected chi connectivity index (χ0v) is 42.7. The van der Waals surface area contributed by atoms with Crippen LogP contribution in [0, 0.1) is 12.8 Å². The Balaban J connectivity index is 1.09. The van der Waals surface area contributed by atoms with Crippen molar-refractivity contribution in [2.45, 2.75) is 204 Å². The smallest absolute Gasteiger partial charge is 0.303 e. The van der Waals surface area contributed by atoms with Crippen LogP contribution in [0.5, 0.6) is 17.2 Å². The lowest BCUT2D eigenvalue weighted by Gasteiger charge is -2.50. The van der Waals surface area contributed by atoms with Crippen molar-refractivity contribution in [3.8, 4) is 17.2 Å². The number of phenols is 2. The second-order valence-electron chi connectivity index (χ2n) is 20.5. The molecule has 23 nitrogen and oxygen atoms in total. The number of ether oxygens (including phenoxy) is 11. The number of esters is 2. The van der Waals surface area contributed by atoms with E-state index in [0.717, 1.165) is 6.92 Å². The number of aliphatic hydroxyl groups excluding tert-OH is 4. The summed E-state index contributed by atoms with van der Waals surface area (Å²) in [6.45, 7) is 12.6. The number of hydrogen-bond acceptors (Lipinski definition) is 23. The molecule has 2 aliphatic carbocycles. The predicted octanol–water partition coefficient (Wildman–Crippen LogP) is 2.05. The van der Waals surface area contributed by atoms with Gasteiger partial charge in [-0.2, -0.15) is 0 Å². The van der Waals surface area contributed by atoms with Crippen LogP contribution < -0.4 is 4.74 Å². The molecule has 4 saturated heterocycles. The molecule has 23 heteroatoms. The van der Waals surface area contributed by atoms with Gasteiger partial charge in [0.25, 0.3) is 0 Å². The van der Waals surface area contributed by atoms with Gasteiger partial charge in [-0.05, 0) is 78.0 Å². The van der Waals surface area contributed by atoms with Crippen molar-refractivity contribution in [2.24, 2.45) is 5.92 Å². The summed E-state index contributed by atoms with van der Waals surface area (Å²) >= 11 is 0. The number of carbonyl (C=O) groups excluding carboxylic acids is 5. The van der Waals surface area contributed by atoms with Crippen molar-refractivity contribution in [3.63, 3.8) is 0 Å². The normalized spacial score (nSPS) is 39.5. The maximum absolute atomic E-state index is 15.5. The zero-order valence-electron chi connectivity index (χ0n) is 42.7. The van der Waals surface area contributed by atoms with E-state index < -0.39 is 173 Å². The van der Waals surface area contributed by atoms with E-state index >= 15 is 4.79 Å². The van der Waals surface area contributed by atoms with Crippen molar-refractivity contribution in [1.29, 1.82) is 0 Å². The van der Waals surface area contributed by atoms with Gasteiger partial charge in [-0.15, -0.1) is 0 Å². The highest BCUT2D eigenvalue weighted by Gasteiger charge is 2.65. The Bertz CT molecular complexity index is 2560. The Kier molecular flexibility index (Phi) is 15.6. The molecule has 4 fully saturated rings. The van der Waals surface area contributed by atoms with Crippen LogP contribution >= 0.6 is 0 Å². The van der Waals surface area contributed by atoms with Gasteiger partial charge >= 0.3 is 11.9 Å². The standard InChI is InChI=1S/C51H66O23/c1-18-30(71-33-14-29(55)45(22(5)67-33)69-24(7)53)13-27-11-26-12-28-46(64-10)44(60)37(19(2)52)47(61)51(28,48(62)39(26)43(59)38(27)40(18)56)74-35-16-32(42(58)21(4)66-35)72-34-15-31(41(57)20(3)65-34)73-36-17-50(9,63)49(23(6)68-36)70-25(8)54/h11,13,20-23,28-29,31-36,41-42,45-46,49,55-59,61,63H,12,14-17H2,1-10H3/t20?,21?,22?,23?,28?,29?,31?,32?,33?,34?,35?,36?,41?,42?,45?,46-,49?,50?,51+/m0/s1. The number of hydrogen-bond donors (Lipinski definition) is 7. The number of fused-ring (bicyclic) bond motifs is 3. The molecule has 17 unspecified atom stereocenters. The summed E-state index contributed by atoms with van der Waals surface area (Å²) in [7, 11) is 1.18. The third-order valence-electron chi connectivity index (χ3n) is 15.0. The van der Waals surface area contributed by atoms with Gasteiger partial charge in [0.15, 0.2) is 48.2 Å². The molecular formula is C51H66O23. The minimum Gasteiger partial charge on any atom is -0.508 e. The number of carbonyl (C=O) groups is 5. The first-order chi connectivity index (χ1) is 34.7. The maximum Gasteiger partial charge on any atom is 0.303 e. The highest BCUT2D eigenvalue weighted by atomic mass is 16.7. The number of ketones is 3. The molecule has 2 aromatic carbocycles. The SMILES string of the molecule is CO[C@@H]1C(=O)C(C(C)=O)=C(O)[C@@]2(OC3CC(OC4CC(OC5CC(C)(O)C(OC(C)=O)C(C)O5)C(O)C(C)O4)C(O)C(C)O3)C(=O)c3c(cc4cc(OC5CC(O)C(OC(C)=O)C(C)O5)c(C)c(O)c4c3O)CC12. The molecule has 408 valence electrons. The molecular weight excluding hydrogens is 981 g/mol. The predicted molar refractivity (Wildman–Crippen MR) is 249 cm³/mol. The first kappa shape index (κ1) is 55.3. The summed E-state index contributed by atoms with van der Waals surface area (Å²) in [5.74, 6) is -7.88. The molecule has 0 aromatic heterocycles. The molecule has 8 rings (SSSR count). The van der Waals surface area contributed by atoms with Gasteiger partial charge in [0.05, 0.1) is 53.7 Å². The van der Waals surface area contributed by atoms with E-state index in [1.807, 2.05) is 0 Å². The molecule has 7 N–H and O–H groups in total. The van der Waals surface area contributed by atoms with E-state index in [9.17, 15) is 54.9 Å². The summed E-state index contributed by atoms with van der Waals surface area (Å²) in [6, 6.07) is 2.95. The number of aliphatic hydroxyl groups is 5. The van der Waals surface area contributed by atoms with Gasteiger partial charge in [-0.1, -0.05) is 0 Å². The van der Waals surface area contributed by atoms with Crippen LogP contribution in [0.25, 0.3) is 10.8 Å². The molecule has 0 spiro atoms. The van der Waals surface area contributed by atoms with Crippen molar-refractivity contribution >= 4 is 40.1 Å². The summed E-state index contributed by atoms with van der Waals surface area (Å²) < 4.78 is 65.5. The van der Waals surface area contributed by atoms with E-state index in [1.54, 1.807) is 20.8 Å². The zero-order chi connectivity index (χ0) is 54.2. The average molecular weight is 1050 g/mol. The van der Waals surface area contributed by atoms with Gasteiger partial charge in [0.2, 0.25) is 12.1 Å². The van der Waals surface area contributed by atoms with E-state index in [2.05, 4.69) is 0 Å². The minimum atomic E-state index is -2.68.